The highest BCUT2D eigenvalue weighted by molar-refractivity contribution is 7.18. The van der Waals surface area contributed by atoms with Gasteiger partial charge in [0.1, 0.15) is 16.6 Å². The van der Waals surface area contributed by atoms with Crippen LogP contribution in [-0.4, -0.2) is 26.2 Å². The molecule has 1 fully saturated rings. The van der Waals surface area contributed by atoms with Gasteiger partial charge >= 0.3 is 0 Å². The highest BCUT2D eigenvalue weighted by Gasteiger charge is 2.28. The largest absolute Gasteiger partial charge is 0.286 e. The van der Waals surface area contributed by atoms with Crippen LogP contribution in [0.4, 0.5) is 0 Å². The molecule has 3 heterocycles. The summed E-state index contributed by atoms with van der Waals surface area (Å²) in [4.78, 5) is 19.8. The maximum Gasteiger partial charge on any atom is 0.286 e. The first-order valence-corrected chi connectivity index (χ1v) is 9.98. The fourth-order valence-electron chi connectivity index (χ4n) is 3.64. The first-order valence-electron chi connectivity index (χ1n) is 9.16. The molecule has 4 rings (SSSR count). The van der Waals surface area contributed by atoms with E-state index in [4.69, 9.17) is 4.98 Å². The molecule has 1 saturated heterocycles. The van der Waals surface area contributed by atoms with E-state index in [0.717, 1.165) is 42.0 Å². The summed E-state index contributed by atoms with van der Waals surface area (Å²) in [7, 11) is 0. The van der Waals surface area contributed by atoms with Gasteiger partial charge in [-0.1, -0.05) is 18.6 Å². The number of rotatable bonds is 3. The molecule has 0 saturated carbocycles. The molecule has 1 atom stereocenters. The van der Waals surface area contributed by atoms with Crippen molar-refractivity contribution < 1.29 is 0 Å². The minimum absolute atomic E-state index is 0.178. The minimum atomic E-state index is -0.311. The van der Waals surface area contributed by atoms with Crippen LogP contribution in [0, 0.1) is 25.2 Å². The second-order valence-electron chi connectivity index (χ2n) is 6.99. The third kappa shape index (κ3) is 3.27. The van der Waals surface area contributed by atoms with Gasteiger partial charge in [-0.2, -0.15) is 10.4 Å². The number of piperidine rings is 1. The smallest absolute Gasteiger partial charge is 0.275 e. The normalized spacial score (nSPS) is 17.9. The molecule has 1 aliphatic heterocycles. The van der Waals surface area contributed by atoms with E-state index in [-0.39, 0.29) is 17.2 Å². The number of hydrogen-bond acceptors (Lipinski definition) is 6. The van der Waals surface area contributed by atoms with Crippen LogP contribution in [0.25, 0.3) is 10.2 Å². The van der Waals surface area contributed by atoms with Crippen molar-refractivity contribution in [1.29, 1.82) is 5.26 Å². The fourth-order valence-corrected chi connectivity index (χ4v) is 4.78. The Bertz CT molecular complexity index is 1060. The standard InChI is InChI=1S/C20H21N5OS/c1-13-14(2)23-25(20(26)15(13)11-21)12-24-10-6-5-8-17(24)19-22-16-7-3-4-9-18(16)27-19/h3-4,7,9,17H,5-6,8,10,12H2,1-2H3/t17-/m0/s1. The van der Waals surface area contributed by atoms with Crippen molar-refractivity contribution in [2.75, 3.05) is 6.54 Å². The van der Waals surface area contributed by atoms with E-state index >= 15 is 0 Å². The van der Waals surface area contributed by atoms with Gasteiger partial charge in [-0.15, -0.1) is 11.3 Å². The number of likely N-dealkylation sites (tertiary alicyclic amines) is 1. The first-order chi connectivity index (χ1) is 13.1. The summed E-state index contributed by atoms with van der Waals surface area (Å²) >= 11 is 1.72. The topological polar surface area (TPSA) is 74.8 Å². The van der Waals surface area contributed by atoms with E-state index < -0.39 is 0 Å². The van der Waals surface area contributed by atoms with Gasteiger partial charge in [-0.25, -0.2) is 9.67 Å². The lowest BCUT2D eigenvalue weighted by Crippen LogP contribution is -2.40. The molecule has 7 heteroatoms. The summed E-state index contributed by atoms with van der Waals surface area (Å²) in [5.74, 6) is 0. The predicted octanol–water partition coefficient (Wildman–Crippen LogP) is 3.53. The Labute approximate surface area is 161 Å². The average molecular weight is 379 g/mol. The molecular formula is C20H21N5OS. The predicted molar refractivity (Wildman–Crippen MR) is 106 cm³/mol. The van der Waals surface area contributed by atoms with Crippen LogP contribution in [0.5, 0.6) is 0 Å². The summed E-state index contributed by atoms with van der Waals surface area (Å²) in [6.07, 6.45) is 3.26. The zero-order chi connectivity index (χ0) is 19.0. The summed E-state index contributed by atoms with van der Waals surface area (Å²) < 4.78 is 2.62. The number of nitrogens with zero attached hydrogens (tertiary/aromatic N) is 5. The van der Waals surface area contributed by atoms with Crippen LogP contribution in [-0.2, 0) is 6.67 Å². The van der Waals surface area contributed by atoms with E-state index in [0.29, 0.717) is 12.2 Å². The maximum absolute atomic E-state index is 12.7. The molecule has 0 amide bonds. The van der Waals surface area contributed by atoms with E-state index in [1.54, 1.807) is 18.3 Å². The number of hydrogen-bond donors (Lipinski definition) is 0. The molecule has 6 nitrogen and oxygen atoms in total. The molecule has 138 valence electrons. The van der Waals surface area contributed by atoms with Crippen molar-refractivity contribution >= 4 is 21.6 Å². The molecule has 1 aromatic carbocycles. The van der Waals surface area contributed by atoms with Crippen LogP contribution in [0.1, 0.15) is 47.1 Å². The molecule has 0 bridgehead atoms. The highest BCUT2D eigenvalue weighted by atomic mass is 32.1. The fraction of sp³-hybridized carbons (Fsp3) is 0.400. The zero-order valence-corrected chi connectivity index (χ0v) is 16.3. The molecule has 0 N–H and O–H groups in total. The van der Waals surface area contributed by atoms with Gasteiger partial charge in [-0.05, 0) is 44.4 Å². The first kappa shape index (κ1) is 17.8. The molecular weight excluding hydrogens is 358 g/mol. The minimum Gasteiger partial charge on any atom is -0.275 e. The van der Waals surface area contributed by atoms with Gasteiger partial charge in [0.05, 0.1) is 28.6 Å². The molecule has 2 aromatic heterocycles. The molecule has 3 aromatic rings. The lowest BCUT2D eigenvalue weighted by Gasteiger charge is -2.34. The monoisotopic (exact) mass is 379 g/mol. The van der Waals surface area contributed by atoms with Crippen molar-refractivity contribution in [2.24, 2.45) is 0 Å². The lowest BCUT2D eigenvalue weighted by atomic mass is 10.0. The SMILES string of the molecule is Cc1nn(CN2CCCC[C@H]2c2nc3ccccc3s2)c(=O)c(C#N)c1C. The molecule has 27 heavy (non-hydrogen) atoms. The molecule has 0 unspecified atom stereocenters. The number of benzene rings is 1. The number of nitriles is 1. The summed E-state index contributed by atoms with van der Waals surface area (Å²) in [6.45, 7) is 4.89. The quantitative estimate of drug-likeness (QED) is 0.696. The van der Waals surface area contributed by atoms with Gasteiger partial charge in [0, 0.05) is 6.54 Å². The van der Waals surface area contributed by atoms with Crippen molar-refractivity contribution in [2.45, 2.75) is 45.8 Å². The number of fused-ring (bicyclic) bond motifs is 1. The Morgan fingerprint density at radius 3 is 2.89 bits per heavy atom. The van der Waals surface area contributed by atoms with Crippen LogP contribution in [0.3, 0.4) is 0 Å². The maximum atomic E-state index is 12.7. The Balaban J connectivity index is 1.69. The average Bonchev–Trinajstić information content (AvgIpc) is 3.11. The zero-order valence-electron chi connectivity index (χ0n) is 15.5. The van der Waals surface area contributed by atoms with E-state index in [9.17, 15) is 10.1 Å². The summed E-state index contributed by atoms with van der Waals surface area (Å²) in [6, 6.07) is 10.4. The molecule has 0 aliphatic carbocycles. The van der Waals surface area contributed by atoms with Crippen molar-refractivity contribution in [1.82, 2.24) is 19.7 Å². The third-order valence-electron chi connectivity index (χ3n) is 5.27. The second kappa shape index (κ2) is 7.22. The van der Waals surface area contributed by atoms with Crippen LogP contribution >= 0.6 is 11.3 Å². The number of thiazole rings is 1. The van der Waals surface area contributed by atoms with Gasteiger partial charge in [0.2, 0.25) is 0 Å². The van der Waals surface area contributed by atoms with E-state index in [1.165, 1.54) is 9.38 Å². The van der Waals surface area contributed by atoms with Crippen molar-refractivity contribution in [3.8, 4) is 6.07 Å². The Morgan fingerprint density at radius 2 is 2.11 bits per heavy atom. The van der Waals surface area contributed by atoms with Crippen LogP contribution in [0.2, 0.25) is 0 Å². The third-order valence-corrected chi connectivity index (χ3v) is 6.41. The second-order valence-corrected chi connectivity index (χ2v) is 8.05. The molecule has 0 radical (unpaired) electrons. The molecule has 0 spiro atoms. The molecule has 1 aliphatic rings. The Morgan fingerprint density at radius 1 is 1.30 bits per heavy atom. The van der Waals surface area contributed by atoms with Crippen molar-refractivity contribution in [3.63, 3.8) is 0 Å². The lowest BCUT2D eigenvalue weighted by molar-refractivity contribution is 0.101. The van der Waals surface area contributed by atoms with Crippen LogP contribution < -0.4 is 5.56 Å². The summed E-state index contributed by atoms with van der Waals surface area (Å²) in [5.41, 5.74) is 2.29. The van der Waals surface area contributed by atoms with Gasteiger partial charge in [-0.3, -0.25) is 9.69 Å². The number of para-hydroxylation sites is 1. The summed E-state index contributed by atoms with van der Waals surface area (Å²) in [5, 5.41) is 14.9. The van der Waals surface area contributed by atoms with E-state index in [2.05, 4.69) is 16.1 Å². The van der Waals surface area contributed by atoms with Gasteiger partial charge < -0.3 is 0 Å². The number of aromatic nitrogens is 3. The van der Waals surface area contributed by atoms with Gasteiger partial charge in [0.25, 0.3) is 5.56 Å². The highest BCUT2D eigenvalue weighted by Crippen LogP contribution is 2.35. The Hall–Kier alpha value is -2.56. The van der Waals surface area contributed by atoms with Crippen LogP contribution in [0.15, 0.2) is 29.1 Å². The van der Waals surface area contributed by atoms with Gasteiger partial charge in [0.15, 0.2) is 0 Å². The Kier molecular flexibility index (Phi) is 4.77. The number of aryl methyl sites for hydroxylation is 1. The van der Waals surface area contributed by atoms with Crippen molar-refractivity contribution in [3.05, 3.63) is 56.4 Å². The van der Waals surface area contributed by atoms with E-state index in [1.807, 2.05) is 31.2 Å².